The van der Waals surface area contributed by atoms with Crippen LogP contribution in [0.5, 0.6) is 0 Å². The van der Waals surface area contributed by atoms with Crippen molar-refractivity contribution in [1.29, 1.82) is 0 Å². The van der Waals surface area contributed by atoms with Gasteiger partial charge in [0.25, 0.3) is 0 Å². The van der Waals surface area contributed by atoms with Gasteiger partial charge >= 0.3 is 0 Å². The van der Waals surface area contributed by atoms with Gasteiger partial charge in [-0.1, -0.05) is 11.6 Å². The molecule has 4 atom stereocenters. The maximum atomic E-state index is 11.6. The van der Waals surface area contributed by atoms with Gasteiger partial charge in [-0.05, 0) is 13.8 Å². The van der Waals surface area contributed by atoms with E-state index >= 15 is 0 Å². The summed E-state index contributed by atoms with van der Waals surface area (Å²) < 4.78 is 7.11. The number of nitrogens with zero attached hydrogens (tertiary/aromatic N) is 4. The van der Waals surface area contributed by atoms with Crippen molar-refractivity contribution in [2.45, 2.75) is 37.2 Å². The van der Waals surface area contributed by atoms with Crippen LogP contribution in [0.3, 0.4) is 0 Å². The van der Waals surface area contributed by atoms with Gasteiger partial charge in [0, 0.05) is 0 Å². The maximum Gasteiger partial charge on any atom is 0.223 e. The summed E-state index contributed by atoms with van der Waals surface area (Å²) in [7, 11) is 0. The zero-order valence-electron chi connectivity index (χ0n) is 11.7. The van der Waals surface area contributed by atoms with Crippen LogP contribution in [0.25, 0.3) is 11.2 Å². The molecule has 0 radical (unpaired) electrons. The van der Waals surface area contributed by atoms with Crippen molar-refractivity contribution in [2.24, 2.45) is 0 Å². The number of halogens is 2. The number of imidazole rings is 1. The lowest BCUT2D eigenvalue weighted by molar-refractivity contribution is -0.133. The summed E-state index contributed by atoms with van der Waals surface area (Å²) in [5.41, 5.74) is 6.23. The summed E-state index contributed by atoms with van der Waals surface area (Å²) in [6.07, 6.45) is -1.66. The standard InChI is InChI=1S/C12H13Cl2N5O3/c1-4(20)6-7(21)12(2,14)10(22-6)19-3-16-5-8(13)17-11(15)18-9(5)19/h3,6-7,10,21H,1-2H3,(H2,15,17,18). The van der Waals surface area contributed by atoms with Crippen LogP contribution >= 0.6 is 23.2 Å². The molecule has 22 heavy (non-hydrogen) atoms. The molecule has 0 spiro atoms. The highest BCUT2D eigenvalue weighted by Gasteiger charge is 2.55. The Morgan fingerprint density at radius 3 is 2.82 bits per heavy atom. The first-order chi connectivity index (χ1) is 10.2. The van der Waals surface area contributed by atoms with Crippen LogP contribution < -0.4 is 5.73 Å². The molecule has 3 N–H and O–H groups in total. The summed E-state index contributed by atoms with van der Waals surface area (Å²) in [5.74, 6) is -0.351. The van der Waals surface area contributed by atoms with E-state index in [0.717, 1.165) is 0 Å². The predicted octanol–water partition coefficient (Wildman–Crippen LogP) is 0.907. The number of ketones is 1. The minimum atomic E-state index is -1.25. The van der Waals surface area contributed by atoms with Crippen molar-refractivity contribution in [2.75, 3.05) is 5.73 Å². The number of aliphatic hydroxyl groups is 1. The third-order valence-electron chi connectivity index (χ3n) is 3.67. The molecule has 1 aliphatic rings. The smallest absolute Gasteiger partial charge is 0.223 e. The topological polar surface area (TPSA) is 116 Å². The lowest BCUT2D eigenvalue weighted by atomic mass is 9.99. The van der Waals surface area contributed by atoms with Crippen LogP contribution in [0.2, 0.25) is 5.15 Å². The number of rotatable bonds is 2. The molecule has 118 valence electrons. The first-order valence-corrected chi connectivity index (χ1v) is 7.17. The molecule has 0 saturated carbocycles. The number of ether oxygens (including phenoxy) is 1. The Morgan fingerprint density at radius 1 is 1.55 bits per heavy atom. The molecular weight excluding hydrogens is 333 g/mol. The van der Waals surface area contributed by atoms with E-state index in [2.05, 4.69) is 15.0 Å². The quantitative estimate of drug-likeness (QED) is 0.613. The van der Waals surface area contributed by atoms with Crippen LogP contribution in [0.15, 0.2) is 6.33 Å². The third kappa shape index (κ3) is 2.14. The normalized spacial score (nSPS) is 31.8. The van der Waals surface area contributed by atoms with Crippen LogP contribution in [0.1, 0.15) is 20.1 Å². The van der Waals surface area contributed by atoms with Gasteiger partial charge in [-0.2, -0.15) is 9.97 Å². The SMILES string of the molecule is CC(=O)C1OC(n2cnc3c(Cl)nc(N)nc32)C(C)(Cl)C1O. The van der Waals surface area contributed by atoms with E-state index in [4.69, 9.17) is 33.7 Å². The molecular formula is C12H13Cl2N5O3. The highest BCUT2D eigenvalue weighted by atomic mass is 35.5. The fourth-order valence-electron chi connectivity index (χ4n) is 2.51. The van der Waals surface area contributed by atoms with Gasteiger partial charge < -0.3 is 15.6 Å². The summed E-state index contributed by atoms with van der Waals surface area (Å²) in [5, 5.41) is 10.3. The second kappa shape index (κ2) is 5.02. The van der Waals surface area contributed by atoms with Crippen LogP contribution in [0.4, 0.5) is 5.95 Å². The predicted molar refractivity (Wildman–Crippen MR) is 79.6 cm³/mol. The molecule has 8 nitrogen and oxygen atoms in total. The second-order valence-electron chi connectivity index (χ2n) is 5.31. The molecule has 1 saturated heterocycles. The molecule has 3 rings (SSSR count). The van der Waals surface area contributed by atoms with Crippen LogP contribution in [-0.2, 0) is 9.53 Å². The van der Waals surface area contributed by atoms with Crippen molar-refractivity contribution in [3.63, 3.8) is 0 Å². The van der Waals surface area contributed by atoms with E-state index in [1.54, 1.807) is 6.92 Å². The molecule has 0 bridgehead atoms. The zero-order valence-corrected chi connectivity index (χ0v) is 13.2. The van der Waals surface area contributed by atoms with Crippen LogP contribution in [-0.4, -0.2) is 47.5 Å². The van der Waals surface area contributed by atoms with Gasteiger partial charge in [0.1, 0.15) is 22.6 Å². The number of nitrogens with two attached hydrogens (primary N) is 1. The number of aromatic nitrogens is 4. The number of carbonyl (C=O) groups excluding carboxylic acids is 1. The molecule has 2 aromatic rings. The van der Waals surface area contributed by atoms with Gasteiger partial charge in [-0.3, -0.25) is 9.36 Å². The average molecular weight is 346 g/mol. The number of carbonyl (C=O) groups is 1. The van der Waals surface area contributed by atoms with Crippen molar-refractivity contribution in [1.82, 2.24) is 19.5 Å². The number of Topliss-reactive ketones (excluding diaryl/α,β-unsaturated/α-hetero) is 1. The van der Waals surface area contributed by atoms with E-state index in [-0.39, 0.29) is 16.9 Å². The molecule has 3 heterocycles. The Bertz CT molecular complexity index is 763. The van der Waals surface area contributed by atoms with E-state index in [0.29, 0.717) is 11.2 Å². The van der Waals surface area contributed by atoms with Crippen molar-refractivity contribution in [3.05, 3.63) is 11.5 Å². The molecule has 10 heteroatoms. The molecule has 0 aliphatic carbocycles. The second-order valence-corrected chi connectivity index (χ2v) is 6.48. The van der Waals surface area contributed by atoms with E-state index in [1.807, 2.05) is 0 Å². The molecule has 0 aromatic carbocycles. The number of nitrogen functional groups attached to an aromatic ring is 1. The Balaban J connectivity index is 2.13. The summed E-state index contributed by atoms with van der Waals surface area (Å²) in [4.78, 5) is 22.3. The number of hydrogen-bond donors (Lipinski definition) is 2. The van der Waals surface area contributed by atoms with Gasteiger partial charge in [0.15, 0.2) is 22.8 Å². The largest absolute Gasteiger partial charge is 0.388 e. The lowest BCUT2D eigenvalue weighted by Crippen LogP contribution is -2.40. The monoisotopic (exact) mass is 345 g/mol. The number of fused-ring (bicyclic) bond motifs is 1. The highest BCUT2D eigenvalue weighted by Crippen LogP contribution is 2.44. The summed E-state index contributed by atoms with van der Waals surface area (Å²) in [6.45, 7) is 2.90. The van der Waals surface area contributed by atoms with Gasteiger partial charge in [0.2, 0.25) is 5.95 Å². The van der Waals surface area contributed by atoms with Crippen molar-refractivity contribution in [3.8, 4) is 0 Å². The van der Waals surface area contributed by atoms with Gasteiger partial charge in [-0.25, -0.2) is 4.98 Å². The van der Waals surface area contributed by atoms with Gasteiger partial charge in [-0.15, -0.1) is 11.6 Å². The van der Waals surface area contributed by atoms with Crippen molar-refractivity contribution < 1.29 is 14.6 Å². The zero-order chi connectivity index (χ0) is 16.2. The number of aliphatic hydroxyl groups excluding tert-OH is 1. The van der Waals surface area contributed by atoms with E-state index in [1.165, 1.54) is 17.8 Å². The number of hydrogen-bond acceptors (Lipinski definition) is 7. The third-order valence-corrected chi connectivity index (χ3v) is 4.35. The first kappa shape index (κ1) is 15.4. The summed E-state index contributed by atoms with van der Waals surface area (Å²) in [6, 6.07) is 0. The molecule has 2 aromatic heterocycles. The van der Waals surface area contributed by atoms with Crippen LogP contribution in [0, 0.1) is 0 Å². The van der Waals surface area contributed by atoms with E-state index < -0.39 is 23.3 Å². The molecule has 4 unspecified atom stereocenters. The minimum Gasteiger partial charge on any atom is -0.388 e. The number of anilines is 1. The lowest BCUT2D eigenvalue weighted by Gasteiger charge is -2.26. The Morgan fingerprint density at radius 2 is 2.23 bits per heavy atom. The Kier molecular flexibility index (Phi) is 3.52. The minimum absolute atomic E-state index is 0.0304. The van der Waals surface area contributed by atoms with E-state index in [9.17, 15) is 9.90 Å². The highest BCUT2D eigenvalue weighted by molar-refractivity contribution is 6.33. The molecule has 1 fully saturated rings. The fraction of sp³-hybridized carbons (Fsp3) is 0.500. The summed E-state index contributed by atoms with van der Waals surface area (Å²) >= 11 is 12.4. The average Bonchev–Trinajstić information content (AvgIpc) is 2.91. The first-order valence-electron chi connectivity index (χ1n) is 6.42. The molecule has 0 amide bonds. The Hall–Kier alpha value is -1.48. The number of alkyl halides is 1. The molecule has 1 aliphatic heterocycles. The van der Waals surface area contributed by atoms with Crippen molar-refractivity contribution >= 4 is 46.1 Å². The van der Waals surface area contributed by atoms with Gasteiger partial charge in [0.05, 0.1) is 6.33 Å². The fourth-order valence-corrected chi connectivity index (χ4v) is 3.00. The maximum absolute atomic E-state index is 11.6. The Labute approximate surface area is 135 Å².